The molecule has 2 aromatic rings. The van der Waals surface area contributed by atoms with Crippen LogP contribution >= 0.6 is 0 Å². The number of benzene rings is 2. The van der Waals surface area contributed by atoms with E-state index in [-0.39, 0.29) is 11.7 Å². The number of carbonyl (C=O) groups excluding carboxylic acids is 1. The van der Waals surface area contributed by atoms with Gasteiger partial charge in [-0.1, -0.05) is 18.2 Å². The molecule has 0 aromatic heterocycles. The fourth-order valence-electron chi connectivity index (χ4n) is 4.25. The predicted octanol–water partition coefficient (Wildman–Crippen LogP) is 3.91. The van der Waals surface area contributed by atoms with Gasteiger partial charge in [-0.25, -0.2) is 13.6 Å². The minimum absolute atomic E-state index is 0.335. The van der Waals surface area contributed by atoms with Crippen molar-refractivity contribution in [3.05, 3.63) is 70.8 Å². The Bertz CT molecular complexity index is 999. The summed E-state index contributed by atoms with van der Waals surface area (Å²) in [6.45, 7) is 3.52. The first-order chi connectivity index (χ1) is 15.5. The number of nitrogens with zero attached hydrogens (tertiary/aromatic N) is 2. The Morgan fingerprint density at radius 1 is 1.12 bits per heavy atom. The van der Waals surface area contributed by atoms with Gasteiger partial charge in [-0.2, -0.15) is 5.26 Å². The molecule has 1 amide bonds. The molecule has 4 rings (SSSR count). The van der Waals surface area contributed by atoms with Crippen LogP contribution in [0.3, 0.4) is 0 Å². The second-order valence-corrected chi connectivity index (χ2v) is 8.28. The van der Waals surface area contributed by atoms with Gasteiger partial charge in [-0.3, -0.25) is 0 Å². The molecule has 0 aliphatic carbocycles. The van der Waals surface area contributed by atoms with Crippen molar-refractivity contribution in [1.29, 1.82) is 5.26 Å². The van der Waals surface area contributed by atoms with Gasteiger partial charge in [0.2, 0.25) is 0 Å². The molecule has 0 saturated carbocycles. The van der Waals surface area contributed by atoms with Gasteiger partial charge >= 0.3 is 6.09 Å². The summed E-state index contributed by atoms with van der Waals surface area (Å²) in [4.78, 5) is 13.7. The number of nitriles is 1. The molecule has 2 aromatic carbocycles. The molecule has 8 heteroatoms. The minimum atomic E-state index is -0.922. The van der Waals surface area contributed by atoms with Gasteiger partial charge < -0.3 is 19.7 Å². The summed E-state index contributed by atoms with van der Waals surface area (Å²) in [5, 5.41) is 11.8. The molecule has 168 valence electrons. The summed E-state index contributed by atoms with van der Waals surface area (Å²) in [5.74, 6) is -1.83. The van der Waals surface area contributed by atoms with Crippen LogP contribution in [0.2, 0.25) is 0 Å². The molecule has 2 heterocycles. The molecule has 32 heavy (non-hydrogen) atoms. The molecule has 2 aliphatic heterocycles. The van der Waals surface area contributed by atoms with E-state index >= 15 is 0 Å². The number of piperidine rings is 1. The Kier molecular flexibility index (Phi) is 6.68. The Labute approximate surface area is 185 Å². The van der Waals surface area contributed by atoms with Crippen LogP contribution in [0.5, 0.6) is 0 Å². The van der Waals surface area contributed by atoms with E-state index in [1.165, 1.54) is 6.07 Å². The number of hydrogen-bond acceptors (Lipinski definition) is 5. The first-order valence-electron chi connectivity index (χ1n) is 10.7. The SMILES string of the molecule is N#Cc1ccc(C(OCCCN2CCC3(CC2)CNC(=O)O3)c2ccc(F)c(F)c2)cc1. The fourth-order valence-corrected chi connectivity index (χ4v) is 4.25. The van der Waals surface area contributed by atoms with Gasteiger partial charge in [-0.05, 0) is 41.8 Å². The Balaban J connectivity index is 1.34. The smallest absolute Gasteiger partial charge is 0.407 e. The standard InChI is InChI=1S/C24H25F2N3O3/c25-20-7-6-19(14-21(20)26)22(18-4-2-17(15-27)3-5-18)31-13-1-10-29-11-8-24(9-12-29)16-28-23(30)32-24/h2-7,14,22H,1,8-13,16H2,(H,28,30). The topological polar surface area (TPSA) is 74.6 Å². The lowest BCUT2D eigenvalue weighted by atomic mass is 9.91. The largest absolute Gasteiger partial charge is 0.441 e. The van der Waals surface area contributed by atoms with Crippen molar-refractivity contribution in [2.45, 2.75) is 31.0 Å². The van der Waals surface area contributed by atoms with Crippen molar-refractivity contribution < 1.29 is 23.0 Å². The van der Waals surface area contributed by atoms with E-state index in [1.807, 2.05) is 0 Å². The Hall–Kier alpha value is -3.02. The van der Waals surface area contributed by atoms with Crippen molar-refractivity contribution in [3.63, 3.8) is 0 Å². The van der Waals surface area contributed by atoms with Crippen molar-refractivity contribution in [3.8, 4) is 6.07 Å². The Morgan fingerprint density at radius 3 is 2.47 bits per heavy atom. The van der Waals surface area contributed by atoms with E-state index in [1.54, 1.807) is 24.3 Å². The van der Waals surface area contributed by atoms with Crippen molar-refractivity contribution >= 4 is 6.09 Å². The van der Waals surface area contributed by atoms with Gasteiger partial charge in [0, 0.05) is 39.1 Å². The maximum atomic E-state index is 13.8. The van der Waals surface area contributed by atoms with Crippen LogP contribution in [0.4, 0.5) is 13.6 Å². The van der Waals surface area contributed by atoms with Gasteiger partial charge in [-0.15, -0.1) is 0 Å². The highest BCUT2D eigenvalue weighted by Gasteiger charge is 2.42. The molecule has 0 radical (unpaired) electrons. The van der Waals surface area contributed by atoms with Crippen LogP contribution < -0.4 is 5.32 Å². The van der Waals surface area contributed by atoms with Crippen LogP contribution in [-0.4, -0.2) is 49.4 Å². The summed E-state index contributed by atoms with van der Waals surface area (Å²) >= 11 is 0. The first kappa shape index (κ1) is 22.2. The number of nitrogens with one attached hydrogen (secondary N) is 1. The van der Waals surface area contributed by atoms with Gasteiger partial charge in [0.05, 0.1) is 18.2 Å². The third kappa shape index (κ3) is 5.06. The maximum Gasteiger partial charge on any atom is 0.407 e. The molecule has 1 atom stereocenters. The van der Waals surface area contributed by atoms with Crippen LogP contribution in [0, 0.1) is 23.0 Å². The lowest BCUT2D eigenvalue weighted by molar-refractivity contribution is -0.00233. The van der Waals surface area contributed by atoms with E-state index in [4.69, 9.17) is 14.7 Å². The zero-order valence-corrected chi connectivity index (χ0v) is 17.7. The van der Waals surface area contributed by atoms with Crippen molar-refractivity contribution in [2.24, 2.45) is 0 Å². The molecule has 1 spiro atoms. The Morgan fingerprint density at radius 2 is 1.84 bits per heavy atom. The van der Waals surface area contributed by atoms with E-state index < -0.39 is 17.7 Å². The maximum absolute atomic E-state index is 13.8. The third-order valence-corrected chi connectivity index (χ3v) is 6.12. The zero-order valence-electron chi connectivity index (χ0n) is 17.7. The van der Waals surface area contributed by atoms with E-state index in [2.05, 4.69) is 16.3 Å². The molecule has 2 fully saturated rings. The number of carbonyl (C=O) groups is 1. The average molecular weight is 441 g/mol. The van der Waals surface area contributed by atoms with Gasteiger partial charge in [0.1, 0.15) is 11.7 Å². The highest BCUT2D eigenvalue weighted by Crippen LogP contribution is 2.30. The van der Waals surface area contributed by atoms with Crippen LogP contribution in [-0.2, 0) is 9.47 Å². The quantitative estimate of drug-likeness (QED) is 0.660. The normalized spacial score (nSPS) is 18.7. The van der Waals surface area contributed by atoms with Crippen LogP contribution in [0.15, 0.2) is 42.5 Å². The number of alkyl carbamates (subject to hydrolysis) is 1. The highest BCUT2D eigenvalue weighted by atomic mass is 19.2. The minimum Gasteiger partial charge on any atom is -0.441 e. The molecule has 0 bridgehead atoms. The molecular weight excluding hydrogens is 416 g/mol. The highest BCUT2D eigenvalue weighted by molar-refractivity contribution is 5.70. The average Bonchev–Trinajstić information content (AvgIpc) is 3.17. The number of hydrogen-bond donors (Lipinski definition) is 1. The molecule has 2 aliphatic rings. The lowest BCUT2D eigenvalue weighted by Gasteiger charge is -2.37. The van der Waals surface area contributed by atoms with E-state index in [0.29, 0.717) is 24.3 Å². The van der Waals surface area contributed by atoms with Crippen molar-refractivity contribution in [2.75, 3.05) is 32.8 Å². The lowest BCUT2D eigenvalue weighted by Crippen LogP contribution is -2.46. The monoisotopic (exact) mass is 441 g/mol. The number of likely N-dealkylation sites (tertiary alicyclic amines) is 1. The summed E-state index contributed by atoms with van der Waals surface area (Å²) in [6, 6.07) is 12.7. The molecular formula is C24H25F2N3O3. The van der Waals surface area contributed by atoms with E-state index in [0.717, 1.165) is 56.6 Å². The van der Waals surface area contributed by atoms with Crippen LogP contribution in [0.25, 0.3) is 0 Å². The molecule has 2 saturated heterocycles. The van der Waals surface area contributed by atoms with Gasteiger partial charge in [0.15, 0.2) is 11.6 Å². The van der Waals surface area contributed by atoms with E-state index in [9.17, 15) is 13.6 Å². The summed E-state index contributed by atoms with van der Waals surface area (Å²) in [6.07, 6.45) is 1.47. The number of rotatable bonds is 7. The number of halogens is 2. The molecule has 1 unspecified atom stereocenters. The van der Waals surface area contributed by atoms with Gasteiger partial charge in [0.25, 0.3) is 0 Å². The second kappa shape index (κ2) is 9.63. The first-order valence-corrected chi connectivity index (χ1v) is 10.7. The third-order valence-electron chi connectivity index (χ3n) is 6.12. The summed E-state index contributed by atoms with van der Waals surface area (Å²) in [5.41, 5.74) is 1.44. The molecule has 1 N–H and O–H groups in total. The number of amides is 1. The number of ether oxygens (including phenoxy) is 2. The predicted molar refractivity (Wildman–Crippen MR) is 113 cm³/mol. The van der Waals surface area contributed by atoms with Crippen LogP contribution in [0.1, 0.15) is 42.1 Å². The summed E-state index contributed by atoms with van der Waals surface area (Å²) in [7, 11) is 0. The van der Waals surface area contributed by atoms with Crippen molar-refractivity contribution in [1.82, 2.24) is 10.2 Å². The zero-order chi connectivity index (χ0) is 22.6. The molecule has 6 nitrogen and oxygen atoms in total. The second-order valence-electron chi connectivity index (χ2n) is 8.28. The fraction of sp³-hybridized carbons (Fsp3) is 0.417. The summed E-state index contributed by atoms with van der Waals surface area (Å²) < 4.78 is 38.8.